The summed E-state index contributed by atoms with van der Waals surface area (Å²) in [5.41, 5.74) is 1.10. The first-order valence-electron chi connectivity index (χ1n) is 11.2. The summed E-state index contributed by atoms with van der Waals surface area (Å²) in [5, 5.41) is 5.02. The highest BCUT2D eigenvalue weighted by Crippen LogP contribution is 2.40. The number of benzene rings is 2. The number of nitrogens with zero attached hydrogens (tertiary/aromatic N) is 1. The highest BCUT2D eigenvalue weighted by molar-refractivity contribution is 6.35. The summed E-state index contributed by atoms with van der Waals surface area (Å²) >= 11 is 0. The van der Waals surface area contributed by atoms with Gasteiger partial charge in [0.05, 0.1) is 14.2 Å². The largest absolute Gasteiger partial charge is 0.497 e. The molecule has 2 aromatic rings. The van der Waals surface area contributed by atoms with Crippen LogP contribution in [0.3, 0.4) is 0 Å². The van der Waals surface area contributed by atoms with Crippen LogP contribution in [-0.2, 0) is 25.7 Å². The number of rotatable bonds is 9. The van der Waals surface area contributed by atoms with Crippen LogP contribution in [-0.4, -0.2) is 56.5 Å². The van der Waals surface area contributed by atoms with Gasteiger partial charge in [0.25, 0.3) is 5.91 Å². The van der Waals surface area contributed by atoms with Crippen LogP contribution in [0.5, 0.6) is 11.5 Å². The average molecular weight is 521 g/mol. The molecule has 1 aliphatic rings. The highest BCUT2D eigenvalue weighted by Gasteiger charge is 2.47. The average Bonchev–Trinajstić information content (AvgIpc) is 3.23. The number of carbonyl (C=O) groups excluding carboxylic acids is 4. The van der Waals surface area contributed by atoms with Gasteiger partial charge in [-0.1, -0.05) is 18.2 Å². The lowest BCUT2D eigenvalue weighted by Crippen LogP contribution is -2.49. The fourth-order valence-corrected chi connectivity index (χ4v) is 4.12. The standard InChI is InChI=1S/C25H26F3N3O6/c1-14(32)22(33)30-19(23(34)29-12-15-8-9-17(36-2)11-21(15)37-3)10-16-13-31(24(35)25(26,27)28)20-7-5-4-6-18(16)20/h4-9,11,16,19H,10,12-13H2,1-3H3,(H,29,34)(H,30,33)/t16?,19-/m0/s1. The Morgan fingerprint density at radius 2 is 1.78 bits per heavy atom. The molecule has 1 aliphatic heterocycles. The molecule has 37 heavy (non-hydrogen) atoms. The number of methoxy groups -OCH3 is 2. The van der Waals surface area contributed by atoms with Crippen molar-refractivity contribution in [1.29, 1.82) is 0 Å². The van der Waals surface area contributed by atoms with Crippen LogP contribution in [0.2, 0.25) is 0 Å². The number of hydrogen-bond acceptors (Lipinski definition) is 6. The molecule has 2 atom stereocenters. The van der Waals surface area contributed by atoms with Crippen molar-refractivity contribution in [1.82, 2.24) is 10.6 Å². The Balaban J connectivity index is 1.82. The van der Waals surface area contributed by atoms with Gasteiger partial charge >= 0.3 is 12.1 Å². The lowest BCUT2D eigenvalue weighted by atomic mass is 9.93. The van der Waals surface area contributed by atoms with E-state index in [1.54, 1.807) is 30.3 Å². The van der Waals surface area contributed by atoms with E-state index < -0.39 is 41.6 Å². The Bertz CT molecular complexity index is 1200. The zero-order valence-electron chi connectivity index (χ0n) is 20.3. The van der Waals surface area contributed by atoms with E-state index in [-0.39, 0.29) is 25.2 Å². The lowest BCUT2D eigenvalue weighted by molar-refractivity contribution is -0.170. The quantitative estimate of drug-likeness (QED) is 0.490. The number of halogens is 3. The minimum absolute atomic E-state index is 0.00161. The van der Waals surface area contributed by atoms with Gasteiger partial charge in [-0.2, -0.15) is 13.2 Å². The first kappa shape index (κ1) is 27.5. The number of ether oxygens (including phenoxy) is 2. The van der Waals surface area contributed by atoms with E-state index in [2.05, 4.69) is 10.6 Å². The van der Waals surface area contributed by atoms with Gasteiger partial charge < -0.3 is 25.0 Å². The van der Waals surface area contributed by atoms with E-state index in [0.29, 0.717) is 27.5 Å². The van der Waals surface area contributed by atoms with Crippen molar-refractivity contribution in [3.8, 4) is 11.5 Å². The minimum atomic E-state index is -5.08. The maximum Gasteiger partial charge on any atom is 0.471 e. The van der Waals surface area contributed by atoms with Gasteiger partial charge in [0.2, 0.25) is 11.7 Å². The van der Waals surface area contributed by atoms with Crippen molar-refractivity contribution in [3.63, 3.8) is 0 Å². The zero-order chi connectivity index (χ0) is 27.3. The van der Waals surface area contributed by atoms with E-state index in [1.807, 2.05) is 0 Å². The SMILES string of the molecule is COc1ccc(CNC(=O)[C@H](CC2CN(C(=O)C(F)(F)F)c3ccccc32)NC(=O)C(C)=O)c(OC)c1. The van der Waals surface area contributed by atoms with E-state index in [9.17, 15) is 32.3 Å². The molecule has 0 spiro atoms. The Morgan fingerprint density at radius 1 is 1.08 bits per heavy atom. The van der Waals surface area contributed by atoms with E-state index in [4.69, 9.17) is 9.47 Å². The first-order chi connectivity index (χ1) is 17.5. The molecule has 2 N–H and O–H groups in total. The number of carbonyl (C=O) groups is 4. The number of fused-ring (bicyclic) bond motifs is 1. The molecule has 1 heterocycles. The molecule has 2 aromatic carbocycles. The number of anilines is 1. The molecule has 0 aliphatic carbocycles. The monoisotopic (exact) mass is 521 g/mol. The molecular formula is C25H26F3N3O6. The lowest BCUT2D eigenvalue weighted by Gasteiger charge is -2.23. The molecule has 0 saturated heterocycles. The van der Waals surface area contributed by atoms with Crippen molar-refractivity contribution >= 4 is 29.2 Å². The summed E-state index contributed by atoms with van der Waals surface area (Å²) in [6.45, 7) is 0.684. The molecule has 0 aromatic heterocycles. The third kappa shape index (κ3) is 6.38. The van der Waals surface area contributed by atoms with Crippen LogP contribution in [0.25, 0.3) is 0 Å². The normalized spacial score (nSPS) is 15.4. The van der Waals surface area contributed by atoms with Crippen LogP contribution in [0.15, 0.2) is 42.5 Å². The van der Waals surface area contributed by atoms with E-state index in [1.165, 1.54) is 26.4 Å². The first-order valence-corrected chi connectivity index (χ1v) is 11.2. The predicted molar refractivity (Wildman–Crippen MR) is 126 cm³/mol. The van der Waals surface area contributed by atoms with Crippen molar-refractivity contribution in [2.45, 2.75) is 38.0 Å². The summed E-state index contributed by atoms with van der Waals surface area (Å²) in [4.78, 5) is 49.4. The molecule has 0 fully saturated rings. The third-order valence-corrected chi connectivity index (χ3v) is 5.97. The summed E-state index contributed by atoms with van der Waals surface area (Å²) in [6.07, 6.45) is -5.23. The number of amides is 3. The number of alkyl halides is 3. The van der Waals surface area contributed by atoms with Crippen molar-refractivity contribution < 1.29 is 41.8 Å². The zero-order valence-corrected chi connectivity index (χ0v) is 20.3. The number of ketones is 1. The van der Waals surface area contributed by atoms with Gasteiger partial charge in [0.15, 0.2) is 0 Å². The number of Topliss-reactive ketones (excluding diaryl/α,β-unsaturated/α-hetero) is 1. The highest BCUT2D eigenvalue weighted by atomic mass is 19.4. The minimum Gasteiger partial charge on any atom is -0.497 e. The molecule has 3 amide bonds. The molecule has 198 valence electrons. The second-order valence-electron chi connectivity index (χ2n) is 8.38. The fourth-order valence-electron chi connectivity index (χ4n) is 4.12. The van der Waals surface area contributed by atoms with Gasteiger partial charge in [-0.3, -0.25) is 19.2 Å². The Morgan fingerprint density at radius 3 is 2.41 bits per heavy atom. The molecule has 9 nitrogen and oxygen atoms in total. The maximum atomic E-state index is 13.2. The number of nitrogens with one attached hydrogen (secondary N) is 2. The van der Waals surface area contributed by atoms with Crippen molar-refractivity contribution in [2.75, 3.05) is 25.7 Å². The van der Waals surface area contributed by atoms with E-state index >= 15 is 0 Å². The molecule has 3 rings (SSSR count). The van der Waals surface area contributed by atoms with Gasteiger partial charge in [0, 0.05) is 43.2 Å². The number of para-hydroxylation sites is 1. The topological polar surface area (TPSA) is 114 Å². The van der Waals surface area contributed by atoms with Gasteiger partial charge in [-0.05, 0) is 30.2 Å². The summed E-state index contributed by atoms with van der Waals surface area (Å²) in [5.74, 6) is -4.27. The van der Waals surface area contributed by atoms with E-state index in [0.717, 1.165) is 6.92 Å². The van der Waals surface area contributed by atoms with Crippen LogP contribution < -0.4 is 25.0 Å². The van der Waals surface area contributed by atoms with Gasteiger partial charge in [-0.15, -0.1) is 0 Å². The van der Waals surface area contributed by atoms with Crippen LogP contribution in [0, 0.1) is 0 Å². The summed E-state index contributed by atoms with van der Waals surface area (Å²) in [6, 6.07) is 9.76. The predicted octanol–water partition coefficient (Wildman–Crippen LogP) is 2.48. The second-order valence-corrected chi connectivity index (χ2v) is 8.38. The third-order valence-electron chi connectivity index (χ3n) is 5.97. The Hall–Kier alpha value is -4.09. The van der Waals surface area contributed by atoms with Crippen LogP contribution in [0.4, 0.5) is 18.9 Å². The fraction of sp³-hybridized carbons (Fsp3) is 0.360. The van der Waals surface area contributed by atoms with Crippen LogP contribution in [0.1, 0.15) is 30.4 Å². The van der Waals surface area contributed by atoms with Crippen molar-refractivity contribution in [3.05, 3.63) is 53.6 Å². The molecular weight excluding hydrogens is 495 g/mol. The maximum absolute atomic E-state index is 13.2. The summed E-state index contributed by atoms with van der Waals surface area (Å²) in [7, 11) is 2.94. The Labute approximate surface area is 210 Å². The molecule has 12 heteroatoms. The molecule has 1 unspecified atom stereocenters. The molecule has 0 radical (unpaired) electrons. The van der Waals surface area contributed by atoms with Crippen LogP contribution >= 0.6 is 0 Å². The number of hydrogen-bond donors (Lipinski definition) is 2. The summed E-state index contributed by atoms with van der Waals surface area (Å²) < 4.78 is 50.0. The van der Waals surface area contributed by atoms with Gasteiger partial charge in [0.1, 0.15) is 17.5 Å². The molecule has 0 saturated carbocycles. The van der Waals surface area contributed by atoms with Gasteiger partial charge in [-0.25, -0.2) is 0 Å². The smallest absolute Gasteiger partial charge is 0.471 e. The Kier molecular flexibility index (Phi) is 8.41. The second kappa shape index (κ2) is 11.3. The van der Waals surface area contributed by atoms with Crippen molar-refractivity contribution in [2.24, 2.45) is 0 Å². The molecule has 0 bridgehead atoms.